The molecule has 8 nitrogen and oxygen atoms in total. The standard InChI is InChI=1S/C18H21N3O5/c1-13-6-5-9-20(10-13)15(22)12-25-16(23)11-21-18(24)26-17(19-21)14-7-3-2-4-8-14/h2-4,7-8,13H,5-6,9-12H2,1H3/t13-/m0/s1. The average Bonchev–Trinajstić information content (AvgIpc) is 3.01. The Bertz CT molecular complexity index is 827. The number of esters is 1. The molecule has 2 aromatic rings. The molecule has 1 saturated heterocycles. The Kier molecular flexibility index (Phi) is 5.50. The molecule has 1 fully saturated rings. The topological polar surface area (TPSA) is 94.6 Å². The van der Waals surface area contributed by atoms with Gasteiger partial charge in [0.1, 0.15) is 6.54 Å². The van der Waals surface area contributed by atoms with Crippen molar-refractivity contribution in [3.8, 4) is 11.5 Å². The molecule has 3 rings (SSSR count). The lowest BCUT2D eigenvalue weighted by Gasteiger charge is -2.30. The summed E-state index contributed by atoms with van der Waals surface area (Å²) < 4.78 is 10.9. The lowest BCUT2D eigenvalue weighted by molar-refractivity contribution is -0.153. The molecule has 8 heteroatoms. The molecule has 0 N–H and O–H groups in total. The van der Waals surface area contributed by atoms with Gasteiger partial charge < -0.3 is 14.1 Å². The van der Waals surface area contributed by atoms with E-state index in [-0.39, 0.29) is 18.4 Å². The van der Waals surface area contributed by atoms with Gasteiger partial charge in [0.05, 0.1) is 0 Å². The van der Waals surface area contributed by atoms with Crippen LogP contribution in [0.1, 0.15) is 19.8 Å². The molecule has 0 unspecified atom stereocenters. The molecule has 0 bridgehead atoms. The van der Waals surface area contributed by atoms with Crippen LogP contribution in [-0.2, 0) is 20.9 Å². The van der Waals surface area contributed by atoms with Gasteiger partial charge in [-0.25, -0.2) is 4.79 Å². The zero-order chi connectivity index (χ0) is 18.5. The molecular formula is C18H21N3O5. The summed E-state index contributed by atoms with van der Waals surface area (Å²) in [6.45, 7) is 2.72. The average molecular weight is 359 g/mol. The SMILES string of the molecule is C[C@H]1CCCN(C(=O)COC(=O)Cn2nc(-c3ccccc3)oc2=O)C1. The van der Waals surface area contributed by atoms with Crippen molar-refractivity contribution in [3.63, 3.8) is 0 Å². The van der Waals surface area contributed by atoms with E-state index in [1.165, 1.54) is 0 Å². The highest BCUT2D eigenvalue weighted by Gasteiger charge is 2.22. The molecule has 1 amide bonds. The maximum atomic E-state index is 12.1. The van der Waals surface area contributed by atoms with Crippen LogP contribution in [0.25, 0.3) is 11.5 Å². The molecule has 2 heterocycles. The molecule has 138 valence electrons. The van der Waals surface area contributed by atoms with Crippen LogP contribution in [0.15, 0.2) is 39.5 Å². The second-order valence-electron chi connectivity index (χ2n) is 6.44. The molecule has 1 aromatic heterocycles. The van der Waals surface area contributed by atoms with Gasteiger partial charge in [0, 0.05) is 18.7 Å². The van der Waals surface area contributed by atoms with E-state index in [2.05, 4.69) is 12.0 Å². The third-order valence-corrected chi connectivity index (χ3v) is 4.27. The summed E-state index contributed by atoms with van der Waals surface area (Å²) in [5, 5.41) is 3.99. The highest BCUT2D eigenvalue weighted by molar-refractivity contribution is 5.80. The van der Waals surface area contributed by atoms with Crippen molar-refractivity contribution in [1.29, 1.82) is 0 Å². The number of nitrogens with zero attached hydrogens (tertiary/aromatic N) is 3. The molecule has 0 saturated carbocycles. The largest absolute Gasteiger partial charge is 0.454 e. The van der Waals surface area contributed by atoms with E-state index in [9.17, 15) is 14.4 Å². The first-order valence-electron chi connectivity index (χ1n) is 8.59. The lowest BCUT2D eigenvalue weighted by Crippen LogP contribution is -2.41. The number of piperidine rings is 1. The quantitative estimate of drug-likeness (QED) is 0.747. The fourth-order valence-corrected chi connectivity index (χ4v) is 2.92. The first-order valence-corrected chi connectivity index (χ1v) is 8.59. The van der Waals surface area contributed by atoms with Crippen LogP contribution in [0.5, 0.6) is 0 Å². The second-order valence-corrected chi connectivity index (χ2v) is 6.44. The lowest BCUT2D eigenvalue weighted by atomic mass is 10.0. The van der Waals surface area contributed by atoms with Crippen LogP contribution in [0, 0.1) is 5.92 Å². The Hall–Kier alpha value is -2.90. The minimum atomic E-state index is -0.753. The monoisotopic (exact) mass is 359 g/mol. The van der Waals surface area contributed by atoms with Crippen LogP contribution in [0.2, 0.25) is 0 Å². The summed E-state index contributed by atoms with van der Waals surface area (Å²) >= 11 is 0. The molecule has 1 atom stereocenters. The van der Waals surface area contributed by atoms with Crippen molar-refractivity contribution in [2.45, 2.75) is 26.3 Å². The Labute approximate surface area is 150 Å². The van der Waals surface area contributed by atoms with Crippen molar-refractivity contribution in [3.05, 3.63) is 40.9 Å². The third kappa shape index (κ3) is 4.38. The van der Waals surface area contributed by atoms with Crippen molar-refractivity contribution >= 4 is 11.9 Å². The van der Waals surface area contributed by atoms with Gasteiger partial charge in [0.25, 0.3) is 5.91 Å². The minimum absolute atomic E-state index is 0.127. The summed E-state index contributed by atoms with van der Waals surface area (Å²) in [6.07, 6.45) is 2.06. The van der Waals surface area contributed by atoms with Gasteiger partial charge in [0.15, 0.2) is 6.61 Å². The number of benzene rings is 1. The normalized spacial score (nSPS) is 17.1. The molecule has 0 radical (unpaired) electrons. The summed E-state index contributed by atoms with van der Waals surface area (Å²) in [4.78, 5) is 37.6. The fraction of sp³-hybridized carbons (Fsp3) is 0.444. The van der Waals surface area contributed by atoms with Gasteiger partial charge in [-0.15, -0.1) is 5.10 Å². The number of hydrogen-bond donors (Lipinski definition) is 0. The molecule has 1 aromatic carbocycles. The summed E-state index contributed by atoms with van der Waals surface area (Å²) in [5.74, 6) is -1.10. The van der Waals surface area contributed by atoms with Crippen molar-refractivity contribution < 1.29 is 18.7 Å². The molecular weight excluding hydrogens is 338 g/mol. The number of ether oxygens (including phenoxy) is 1. The minimum Gasteiger partial charge on any atom is -0.454 e. The molecule has 0 aliphatic carbocycles. The Balaban J connectivity index is 1.54. The first kappa shape index (κ1) is 17.9. The van der Waals surface area contributed by atoms with Crippen LogP contribution < -0.4 is 5.76 Å². The van der Waals surface area contributed by atoms with Crippen molar-refractivity contribution in [2.75, 3.05) is 19.7 Å². The Morgan fingerprint density at radius 2 is 2.08 bits per heavy atom. The summed E-state index contributed by atoms with van der Waals surface area (Å²) in [7, 11) is 0. The van der Waals surface area contributed by atoms with Gasteiger partial charge in [-0.2, -0.15) is 4.68 Å². The number of carbonyl (C=O) groups excluding carboxylic acids is 2. The maximum absolute atomic E-state index is 12.1. The van der Waals surface area contributed by atoms with E-state index in [0.29, 0.717) is 24.6 Å². The van der Waals surface area contributed by atoms with Crippen LogP contribution in [0.3, 0.4) is 0 Å². The fourth-order valence-electron chi connectivity index (χ4n) is 2.92. The summed E-state index contributed by atoms with van der Waals surface area (Å²) in [5.41, 5.74) is 0.631. The molecule has 1 aliphatic rings. The van der Waals surface area contributed by atoms with Gasteiger partial charge in [-0.1, -0.05) is 25.1 Å². The Morgan fingerprint density at radius 1 is 1.31 bits per heavy atom. The number of aromatic nitrogens is 2. The summed E-state index contributed by atoms with van der Waals surface area (Å²) in [6, 6.07) is 8.89. The van der Waals surface area contributed by atoms with Gasteiger partial charge in [0.2, 0.25) is 5.89 Å². The third-order valence-electron chi connectivity index (χ3n) is 4.27. The van der Waals surface area contributed by atoms with Crippen molar-refractivity contribution in [1.82, 2.24) is 14.7 Å². The van der Waals surface area contributed by atoms with Crippen molar-refractivity contribution in [2.24, 2.45) is 5.92 Å². The number of likely N-dealkylation sites (tertiary alicyclic amines) is 1. The van der Waals surface area contributed by atoms with E-state index < -0.39 is 18.3 Å². The van der Waals surface area contributed by atoms with Gasteiger partial charge >= 0.3 is 11.7 Å². The van der Waals surface area contributed by atoms with E-state index in [1.807, 2.05) is 6.07 Å². The van der Waals surface area contributed by atoms with Gasteiger partial charge in [-0.05, 0) is 30.9 Å². The van der Waals surface area contributed by atoms with Crippen LogP contribution >= 0.6 is 0 Å². The van der Waals surface area contributed by atoms with E-state index in [1.54, 1.807) is 29.2 Å². The van der Waals surface area contributed by atoms with Gasteiger partial charge in [-0.3, -0.25) is 9.59 Å². The number of amides is 1. The highest BCUT2D eigenvalue weighted by Crippen LogP contribution is 2.16. The number of rotatable bonds is 5. The molecule has 1 aliphatic heterocycles. The first-order chi connectivity index (χ1) is 12.5. The van der Waals surface area contributed by atoms with Crippen LogP contribution in [-0.4, -0.2) is 46.3 Å². The molecule has 26 heavy (non-hydrogen) atoms. The van der Waals surface area contributed by atoms with E-state index in [0.717, 1.165) is 17.5 Å². The molecule has 0 spiro atoms. The van der Waals surface area contributed by atoms with E-state index in [4.69, 9.17) is 9.15 Å². The maximum Gasteiger partial charge on any atom is 0.437 e. The zero-order valence-electron chi connectivity index (χ0n) is 14.6. The van der Waals surface area contributed by atoms with E-state index >= 15 is 0 Å². The predicted molar refractivity (Wildman–Crippen MR) is 92.1 cm³/mol. The smallest absolute Gasteiger partial charge is 0.437 e. The second kappa shape index (κ2) is 7.99. The highest BCUT2D eigenvalue weighted by atomic mass is 16.5. The Morgan fingerprint density at radius 3 is 2.81 bits per heavy atom. The number of hydrogen-bond acceptors (Lipinski definition) is 6. The zero-order valence-corrected chi connectivity index (χ0v) is 14.6. The number of carbonyl (C=O) groups is 2. The van der Waals surface area contributed by atoms with Crippen LogP contribution in [0.4, 0.5) is 0 Å². The predicted octanol–water partition coefficient (Wildman–Crippen LogP) is 1.30.